The number of aromatic amines is 1. The van der Waals surface area contributed by atoms with Crippen LogP contribution in [0, 0.1) is 6.92 Å². The lowest BCUT2D eigenvalue weighted by molar-refractivity contribution is 0.354. The van der Waals surface area contributed by atoms with Gasteiger partial charge in [0.05, 0.1) is 25.1 Å². The monoisotopic (exact) mass is 340 g/mol. The van der Waals surface area contributed by atoms with E-state index in [1.54, 1.807) is 26.4 Å². The van der Waals surface area contributed by atoms with Crippen molar-refractivity contribution in [2.45, 2.75) is 19.9 Å². The van der Waals surface area contributed by atoms with Gasteiger partial charge in [0, 0.05) is 6.54 Å². The Morgan fingerprint density at radius 3 is 2.48 bits per heavy atom. The normalized spacial score (nSPS) is 10.8. The van der Waals surface area contributed by atoms with Gasteiger partial charge in [0.1, 0.15) is 0 Å². The maximum Gasteiger partial charge on any atom is 0.328 e. The Hall–Kier alpha value is -3.02. The van der Waals surface area contributed by atoms with Crippen LogP contribution in [0.1, 0.15) is 11.1 Å². The number of hydrogen-bond acceptors (Lipinski definition) is 4. The van der Waals surface area contributed by atoms with Crippen LogP contribution in [0.25, 0.3) is 10.9 Å². The lowest BCUT2D eigenvalue weighted by atomic mass is 10.1. The maximum absolute atomic E-state index is 12.6. The van der Waals surface area contributed by atoms with Gasteiger partial charge in [0.2, 0.25) is 0 Å². The Bertz CT molecular complexity index is 1030. The highest BCUT2D eigenvalue weighted by Crippen LogP contribution is 2.27. The molecule has 0 saturated heterocycles. The zero-order valence-corrected chi connectivity index (χ0v) is 14.5. The molecule has 1 heterocycles. The fourth-order valence-corrected chi connectivity index (χ4v) is 2.85. The van der Waals surface area contributed by atoms with Crippen molar-refractivity contribution in [3.8, 4) is 11.5 Å². The summed E-state index contributed by atoms with van der Waals surface area (Å²) in [6, 6.07) is 11.0. The summed E-state index contributed by atoms with van der Waals surface area (Å²) in [4.78, 5) is 27.7. The third-order valence-corrected chi connectivity index (χ3v) is 4.21. The van der Waals surface area contributed by atoms with Gasteiger partial charge in [-0.3, -0.25) is 9.36 Å². The van der Waals surface area contributed by atoms with Gasteiger partial charge in [-0.1, -0.05) is 12.1 Å². The number of H-pyrrole nitrogens is 1. The van der Waals surface area contributed by atoms with E-state index in [2.05, 4.69) is 4.98 Å². The number of nitrogens with one attached hydrogen (secondary N) is 1. The van der Waals surface area contributed by atoms with E-state index in [1.165, 1.54) is 4.57 Å². The molecule has 130 valence electrons. The molecule has 0 spiro atoms. The van der Waals surface area contributed by atoms with Crippen LogP contribution in [-0.4, -0.2) is 23.8 Å². The summed E-state index contributed by atoms with van der Waals surface area (Å²) in [6.45, 7) is 2.20. The fourth-order valence-electron chi connectivity index (χ4n) is 2.85. The maximum atomic E-state index is 12.6. The first-order valence-electron chi connectivity index (χ1n) is 7.98. The van der Waals surface area contributed by atoms with Crippen LogP contribution in [0.4, 0.5) is 0 Å². The summed E-state index contributed by atoms with van der Waals surface area (Å²) in [5.41, 5.74) is 1.83. The van der Waals surface area contributed by atoms with Crippen molar-refractivity contribution < 1.29 is 9.47 Å². The molecule has 0 radical (unpaired) electrons. The van der Waals surface area contributed by atoms with E-state index in [0.717, 1.165) is 11.1 Å². The van der Waals surface area contributed by atoms with Gasteiger partial charge in [-0.15, -0.1) is 0 Å². The molecule has 1 N–H and O–H groups in total. The molecular weight excluding hydrogens is 320 g/mol. The Morgan fingerprint density at radius 1 is 1.00 bits per heavy atom. The number of hydrogen-bond donors (Lipinski definition) is 1. The number of ether oxygens (including phenoxy) is 2. The van der Waals surface area contributed by atoms with Crippen molar-refractivity contribution in [3.63, 3.8) is 0 Å². The molecule has 6 heteroatoms. The second kappa shape index (κ2) is 6.84. The molecule has 0 aliphatic heterocycles. The van der Waals surface area contributed by atoms with E-state index in [1.807, 2.05) is 31.2 Å². The van der Waals surface area contributed by atoms with E-state index in [4.69, 9.17) is 9.47 Å². The number of rotatable bonds is 5. The smallest absolute Gasteiger partial charge is 0.328 e. The van der Waals surface area contributed by atoms with Crippen LogP contribution in [-0.2, 0) is 13.0 Å². The Labute approximate surface area is 144 Å². The summed E-state index contributed by atoms with van der Waals surface area (Å²) >= 11 is 0. The summed E-state index contributed by atoms with van der Waals surface area (Å²) in [6.07, 6.45) is 0.528. The molecular formula is C19H20N2O4. The topological polar surface area (TPSA) is 73.3 Å². The molecule has 6 nitrogen and oxygen atoms in total. The predicted molar refractivity (Wildman–Crippen MR) is 96.8 cm³/mol. The first-order valence-corrected chi connectivity index (χ1v) is 7.98. The van der Waals surface area contributed by atoms with Gasteiger partial charge >= 0.3 is 5.69 Å². The van der Waals surface area contributed by atoms with Crippen molar-refractivity contribution in [2.75, 3.05) is 14.2 Å². The average molecular weight is 340 g/mol. The van der Waals surface area contributed by atoms with Crippen molar-refractivity contribution in [2.24, 2.45) is 0 Å². The number of aromatic nitrogens is 2. The fraction of sp³-hybridized carbons (Fsp3) is 0.263. The molecule has 0 atom stereocenters. The quantitative estimate of drug-likeness (QED) is 0.773. The van der Waals surface area contributed by atoms with Gasteiger partial charge in [-0.05, 0) is 48.7 Å². The van der Waals surface area contributed by atoms with Gasteiger partial charge in [-0.25, -0.2) is 4.79 Å². The van der Waals surface area contributed by atoms with Crippen LogP contribution < -0.4 is 20.7 Å². The highest BCUT2D eigenvalue weighted by atomic mass is 16.5. The molecule has 1 aromatic heterocycles. The van der Waals surface area contributed by atoms with Gasteiger partial charge in [0.25, 0.3) is 5.56 Å². The number of methoxy groups -OCH3 is 2. The van der Waals surface area contributed by atoms with E-state index in [9.17, 15) is 9.59 Å². The predicted octanol–water partition coefficient (Wildman–Crippen LogP) is 2.26. The number of benzene rings is 2. The summed E-state index contributed by atoms with van der Waals surface area (Å²) in [7, 11) is 3.15. The van der Waals surface area contributed by atoms with E-state index < -0.39 is 5.69 Å². The summed E-state index contributed by atoms with van der Waals surface area (Å²) in [5, 5.41) is 0.512. The lowest BCUT2D eigenvalue weighted by Crippen LogP contribution is -2.35. The van der Waals surface area contributed by atoms with E-state index >= 15 is 0 Å². The summed E-state index contributed by atoms with van der Waals surface area (Å²) < 4.78 is 11.7. The van der Waals surface area contributed by atoms with Crippen LogP contribution in [0.5, 0.6) is 11.5 Å². The Kier molecular flexibility index (Phi) is 4.61. The van der Waals surface area contributed by atoms with Crippen LogP contribution in [0.3, 0.4) is 0 Å². The van der Waals surface area contributed by atoms with Crippen LogP contribution in [0.2, 0.25) is 0 Å². The Balaban J connectivity index is 1.92. The zero-order valence-electron chi connectivity index (χ0n) is 14.5. The van der Waals surface area contributed by atoms with Gasteiger partial charge in [0.15, 0.2) is 11.5 Å². The number of nitrogens with zero attached hydrogens (tertiary/aromatic N) is 1. The second-order valence-corrected chi connectivity index (χ2v) is 5.88. The number of aryl methyl sites for hydroxylation is 2. The van der Waals surface area contributed by atoms with Crippen LogP contribution in [0.15, 0.2) is 46.0 Å². The largest absolute Gasteiger partial charge is 0.493 e. The van der Waals surface area contributed by atoms with Gasteiger partial charge in [-0.2, -0.15) is 0 Å². The third kappa shape index (κ3) is 3.28. The first-order chi connectivity index (χ1) is 12.0. The van der Waals surface area contributed by atoms with E-state index in [0.29, 0.717) is 28.8 Å². The van der Waals surface area contributed by atoms with Gasteiger partial charge < -0.3 is 14.5 Å². The molecule has 3 aromatic rings. The third-order valence-electron chi connectivity index (χ3n) is 4.21. The van der Waals surface area contributed by atoms with Crippen molar-refractivity contribution >= 4 is 10.9 Å². The minimum absolute atomic E-state index is 0.278. The molecule has 0 aliphatic carbocycles. The number of fused-ring (bicyclic) bond motifs is 1. The van der Waals surface area contributed by atoms with Crippen molar-refractivity contribution in [3.05, 3.63) is 68.4 Å². The molecule has 0 bridgehead atoms. The minimum Gasteiger partial charge on any atom is -0.493 e. The van der Waals surface area contributed by atoms with Crippen LogP contribution >= 0.6 is 0 Å². The highest BCUT2D eigenvalue weighted by molar-refractivity contribution is 5.77. The average Bonchev–Trinajstić information content (AvgIpc) is 2.60. The SMILES string of the molecule is COc1ccc(CCn2c(=O)[nH]c3cc(C)ccc3c2=O)cc1OC. The molecule has 0 aliphatic rings. The Morgan fingerprint density at radius 2 is 1.76 bits per heavy atom. The zero-order chi connectivity index (χ0) is 18.0. The molecule has 2 aromatic carbocycles. The second-order valence-electron chi connectivity index (χ2n) is 5.88. The first kappa shape index (κ1) is 16.8. The highest BCUT2D eigenvalue weighted by Gasteiger charge is 2.09. The minimum atomic E-state index is -0.399. The van der Waals surface area contributed by atoms with Crippen molar-refractivity contribution in [1.82, 2.24) is 9.55 Å². The molecule has 0 unspecified atom stereocenters. The molecule has 3 rings (SSSR count). The lowest BCUT2D eigenvalue weighted by Gasteiger charge is -2.10. The standard InChI is InChI=1S/C19H20N2O4/c1-12-4-6-14-15(10-12)20-19(23)21(18(14)22)9-8-13-5-7-16(24-2)17(11-13)25-3/h4-7,10-11H,8-9H2,1-3H3,(H,20,23). The molecule has 0 amide bonds. The van der Waals surface area contributed by atoms with E-state index in [-0.39, 0.29) is 12.1 Å². The van der Waals surface area contributed by atoms with Crippen molar-refractivity contribution in [1.29, 1.82) is 0 Å². The molecule has 0 fully saturated rings. The summed E-state index contributed by atoms with van der Waals surface area (Å²) in [5.74, 6) is 1.26. The molecule has 0 saturated carbocycles. The molecule has 25 heavy (non-hydrogen) atoms.